The molecule has 2 rings (SSSR count). The summed E-state index contributed by atoms with van der Waals surface area (Å²) in [5.41, 5.74) is 6.89. The zero-order valence-corrected chi connectivity index (χ0v) is 9.18. The second kappa shape index (κ2) is 5.20. The van der Waals surface area contributed by atoms with E-state index in [0.717, 1.165) is 12.0 Å². The molecule has 0 spiro atoms. The van der Waals surface area contributed by atoms with Crippen molar-refractivity contribution in [3.63, 3.8) is 0 Å². The zero-order chi connectivity index (χ0) is 9.10. The van der Waals surface area contributed by atoms with E-state index in [0.29, 0.717) is 0 Å². The molecule has 2 N–H and O–H groups in total. The highest BCUT2D eigenvalue weighted by Gasteiger charge is 2.11. The van der Waals surface area contributed by atoms with Crippen LogP contribution in [0.25, 0.3) is 0 Å². The Labute approximate surface area is 93.5 Å². The number of hydrogen-bond acceptors (Lipinski definition) is 3. The maximum atomic E-state index is 5.76. The molecule has 1 aliphatic heterocycles. The molecular weight excluding hydrogens is 218 g/mol. The van der Waals surface area contributed by atoms with E-state index in [1.54, 1.807) is 17.6 Å². The molecule has 1 aromatic heterocycles. The van der Waals surface area contributed by atoms with Crippen molar-refractivity contribution in [1.29, 1.82) is 0 Å². The van der Waals surface area contributed by atoms with Crippen LogP contribution in [0, 0.1) is 0 Å². The SMILES string of the molecule is Cl.NC1OC=CC=C1Cc1cccs1. The van der Waals surface area contributed by atoms with E-state index in [2.05, 4.69) is 11.4 Å². The van der Waals surface area contributed by atoms with Gasteiger partial charge in [-0.25, -0.2) is 0 Å². The van der Waals surface area contributed by atoms with Gasteiger partial charge in [0.2, 0.25) is 0 Å². The monoisotopic (exact) mass is 229 g/mol. The van der Waals surface area contributed by atoms with Crippen LogP contribution in [0.2, 0.25) is 0 Å². The second-order valence-corrected chi connectivity index (χ2v) is 3.92. The predicted molar refractivity (Wildman–Crippen MR) is 61.6 cm³/mol. The van der Waals surface area contributed by atoms with E-state index in [9.17, 15) is 0 Å². The minimum atomic E-state index is -0.271. The van der Waals surface area contributed by atoms with Gasteiger partial charge in [-0.05, 0) is 23.1 Å². The number of allylic oxidation sites excluding steroid dienone is 2. The van der Waals surface area contributed by atoms with Crippen molar-refractivity contribution in [3.05, 3.63) is 46.4 Å². The molecule has 0 aliphatic carbocycles. The summed E-state index contributed by atoms with van der Waals surface area (Å²) in [6.07, 6.45) is 6.15. The van der Waals surface area contributed by atoms with Gasteiger partial charge in [-0.2, -0.15) is 0 Å². The standard InChI is InChI=1S/C10H11NOS.ClH/c11-10-8(3-1-5-12-10)7-9-4-2-6-13-9;/h1-6,10H,7,11H2;1H. The van der Waals surface area contributed by atoms with Crippen molar-refractivity contribution < 1.29 is 4.74 Å². The lowest BCUT2D eigenvalue weighted by Gasteiger charge is -2.17. The highest BCUT2D eigenvalue weighted by atomic mass is 35.5. The Morgan fingerprint density at radius 2 is 2.36 bits per heavy atom. The number of hydrogen-bond donors (Lipinski definition) is 1. The molecule has 1 atom stereocenters. The van der Waals surface area contributed by atoms with Crippen molar-refractivity contribution in [2.75, 3.05) is 0 Å². The number of rotatable bonds is 2. The Bertz CT molecular complexity index is 332. The van der Waals surface area contributed by atoms with E-state index in [1.165, 1.54) is 4.88 Å². The third-order valence-electron chi connectivity index (χ3n) is 1.94. The van der Waals surface area contributed by atoms with E-state index < -0.39 is 0 Å². The Morgan fingerprint density at radius 3 is 3.00 bits per heavy atom. The summed E-state index contributed by atoms with van der Waals surface area (Å²) in [5.74, 6) is 0. The van der Waals surface area contributed by atoms with E-state index in [4.69, 9.17) is 10.5 Å². The number of nitrogens with two attached hydrogens (primary N) is 1. The highest BCUT2D eigenvalue weighted by Crippen LogP contribution is 2.18. The lowest BCUT2D eigenvalue weighted by atomic mass is 10.1. The van der Waals surface area contributed by atoms with Gasteiger partial charge in [0.25, 0.3) is 0 Å². The lowest BCUT2D eigenvalue weighted by Crippen LogP contribution is -2.26. The van der Waals surface area contributed by atoms with Crippen LogP contribution in [0.1, 0.15) is 4.88 Å². The fourth-order valence-corrected chi connectivity index (χ4v) is 1.99. The molecule has 1 unspecified atom stereocenters. The predicted octanol–water partition coefficient (Wildman–Crippen LogP) is 2.47. The number of thiophene rings is 1. The van der Waals surface area contributed by atoms with Gasteiger partial charge in [-0.1, -0.05) is 12.1 Å². The molecule has 0 radical (unpaired) electrons. The molecule has 14 heavy (non-hydrogen) atoms. The maximum Gasteiger partial charge on any atom is 0.169 e. The van der Waals surface area contributed by atoms with Gasteiger partial charge >= 0.3 is 0 Å². The molecule has 1 aliphatic rings. The third-order valence-corrected chi connectivity index (χ3v) is 2.81. The van der Waals surface area contributed by atoms with Gasteiger partial charge in [0.05, 0.1) is 6.26 Å². The summed E-state index contributed by atoms with van der Waals surface area (Å²) in [4.78, 5) is 1.32. The summed E-state index contributed by atoms with van der Waals surface area (Å²) >= 11 is 1.74. The molecule has 0 amide bonds. The largest absolute Gasteiger partial charge is 0.479 e. The van der Waals surface area contributed by atoms with E-state index in [1.807, 2.05) is 18.2 Å². The molecule has 0 bridgehead atoms. The molecule has 1 aromatic rings. The van der Waals surface area contributed by atoms with Crippen LogP contribution in [-0.2, 0) is 11.2 Å². The van der Waals surface area contributed by atoms with Gasteiger partial charge < -0.3 is 4.74 Å². The minimum Gasteiger partial charge on any atom is -0.479 e. The van der Waals surface area contributed by atoms with Crippen molar-refractivity contribution in [2.45, 2.75) is 12.6 Å². The average Bonchev–Trinajstić information content (AvgIpc) is 2.61. The van der Waals surface area contributed by atoms with Crippen molar-refractivity contribution in [1.82, 2.24) is 0 Å². The van der Waals surface area contributed by atoms with Crippen LogP contribution in [-0.4, -0.2) is 6.23 Å². The Morgan fingerprint density at radius 1 is 1.50 bits per heavy atom. The fraction of sp³-hybridized carbons (Fsp3) is 0.200. The summed E-state index contributed by atoms with van der Waals surface area (Å²) in [5, 5.41) is 2.07. The van der Waals surface area contributed by atoms with Gasteiger partial charge in [-0.15, -0.1) is 23.7 Å². The zero-order valence-electron chi connectivity index (χ0n) is 7.55. The topological polar surface area (TPSA) is 35.2 Å². The molecule has 0 fully saturated rings. The summed E-state index contributed by atoms with van der Waals surface area (Å²) in [6, 6.07) is 4.15. The lowest BCUT2D eigenvalue weighted by molar-refractivity contribution is 0.176. The maximum absolute atomic E-state index is 5.76. The van der Waals surface area contributed by atoms with Gasteiger partial charge in [0.15, 0.2) is 6.23 Å². The first-order valence-corrected chi connectivity index (χ1v) is 5.03. The first-order chi connectivity index (χ1) is 6.36. The molecule has 0 saturated heterocycles. The smallest absolute Gasteiger partial charge is 0.169 e. The molecule has 0 aromatic carbocycles. The summed E-state index contributed by atoms with van der Waals surface area (Å²) < 4.78 is 5.17. The quantitative estimate of drug-likeness (QED) is 0.846. The Kier molecular flexibility index (Phi) is 4.20. The Balaban J connectivity index is 0.000000980. The first-order valence-electron chi connectivity index (χ1n) is 4.15. The minimum absolute atomic E-state index is 0. The fourth-order valence-electron chi connectivity index (χ4n) is 1.25. The van der Waals surface area contributed by atoms with Crippen LogP contribution in [0.3, 0.4) is 0 Å². The van der Waals surface area contributed by atoms with Crippen LogP contribution < -0.4 is 5.73 Å². The van der Waals surface area contributed by atoms with Gasteiger partial charge in [0, 0.05) is 11.3 Å². The summed E-state index contributed by atoms with van der Waals surface area (Å²) in [7, 11) is 0. The average molecular weight is 230 g/mol. The highest BCUT2D eigenvalue weighted by molar-refractivity contribution is 7.09. The van der Waals surface area contributed by atoms with E-state index in [-0.39, 0.29) is 18.6 Å². The van der Waals surface area contributed by atoms with Gasteiger partial charge in [0.1, 0.15) is 0 Å². The third kappa shape index (κ3) is 2.61. The second-order valence-electron chi connectivity index (χ2n) is 2.88. The molecular formula is C10H12ClNOS. The Hall–Kier alpha value is -0.770. The molecule has 2 nitrogen and oxygen atoms in total. The summed E-state index contributed by atoms with van der Waals surface area (Å²) in [6.45, 7) is 0. The number of halogens is 1. The van der Waals surface area contributed by atoms with Crippen LogP contribution in [0.15, 0.2) is 41.5 Å². The van der Waals surface area contributed by atoms with Crippen LogP contribution in [0.4, 0.5) is 0 Å². The molecule has 2 heterocycles. The van der Waals surface area contributed by atoms with Crippen molar-refractivity contribution in [3.8, 4) is 0 Å². The first kappa shape index (κ1) is 11.3. The van der Waals surface area contributed by atoms with Gasteiger partial charge in [-0.3, -0.25) is 5.73 Å². The van der Waals surface area contributed by atoms with Crippen LogP contribution >= 0.6 is 23.7 Å². The van der Waals surface area contributed by atoms with Crippen molar-refractivity contribution in [2.24, 2.45) is 5.73 Å². The van der Waals surface area contributed by atoms with Crippen LogP contribution in [0.5, 0.6) is 0 Å². The molecule has 76 valence electrons. The van der Waals surface area contributed by atoms with E-state index >= 15 is 0 Å². The molecule has 0 saturated carbocycles. The number of ether oxygens (including phenoxy) is 1. The normalized spacial score (nSPS) is 19.5. The molecule has 4 heteroatoms. The van der Waals surface area contributed by atoms with Crippen molar-refractivity contribution >= 4 is 23.7 Å².